The van der Waals surface area contributed by atoms with Crippen LogP contribution in [0.25, 0.3) is 0 Å². The van der Waals surface area contributed by atoms with Gasteiger partial charge in [0.05, 0.1) is 25.3 Å². The Morgan fingerprint density at radius 3 is 3.17 bits per heavy atom. The van der Waals surface area contributed by atoms with Crippen LogP contribution in [-0.2, 0) is 4.74 Å². The van der Waals surface area contributed by atoms with E-state index >= 15 is 0 Å². The zero-order valence-electron chi connectivity index (χ0n) is 9.84. The Hall–Kier alpha value is -2.15. The summed E-state index contributed by atoms with van der Waals surface area (Å²) in [6.45, 7) is 1.74. The van der Waals surface area contributed by atoms with Crippen LogP contribution in [0.2, 0.25) is 0 Å². The molecule has 0 spiro atoms. The Morgan fingerprint density at radius 1 is 1.67 bits per heavy atom. The quantitative estimate of drug-likeness (QED) is 0.521. The van der Waals surface area contributed by atoms with Crippen LogP contribution in [0.4, 0.5) is 5.13 Å². The van der Waals surface area contributed by atoms with Crippen LogP contribution < -0.4 is 5.43 Å². The van der Waals surface area contributed by atoms with Gasteiger partial charge in [-0.05, 0) is 19.1 Å². The average molecular weight is 265 g/mol. The zero-order valence-corrected chi connectivity index (χ0v) is 10.7. The summed E-state index contributed by atoms with van der Waals surface area (Å²) in [5.74, 6) is 0.233. The highest BCUT2D eigenvalue weighted by molar-refractivity contribution is 7.17. The number of ether oxygens (including phenoxy) is 1. The summed E-state index contributed by atoms with van der Waals surface area (Å²) < 4.78 is 9.72. The summed E-state index contributed by atoms with van der Waals surface area (Å²) in [4.78, 5) is 16.0. The summed E-state index contributed by atoms with van der Waals surface area (Å²) in [5, 5.41) is 4.47. The molecule has 0 unspecified atom stereocenters. The Bertz CT molecular complexity index is 560. The zero-order chi connectivity index (χ0) is 13.0. The minimum Gasteiger partial charge on any atom is -0.465 e. The summed E-state index contributed by atoms with van der Waals surface area (Å²) in [6.07, 6.45) is 3.08. The Labute approximate surface area is 107 Å². The number of hydrazone groups is 1. The van der Waals surface area contributed by atoms with Crippen molar-refractivity contribution in [2.75, 3.05) is 12.5 Å². The minimum absolute atomic E-state index is 0.395. The van der Waals surface area contributed by atoms with Gasteiger partial charge in [0, 0.05) is 0 Å². The SMILES string of the molecule is COC(=O)c1sc(N/N=C/c2ccco2)nc1C. The number of anilines is 1. The monoisotopic (exact) mass is 265 g/mol. The molecule has 0 fully saturated rings. The molecule has 2 aromatic heterocycles. The highest BCUT2D eigenvalue weighted by Crippen LogP contribution is 2.23. The van der Waals surface area contributed by atoms with E-state index in [4.69, 9.17) is 4.42 Å². The van der Waals surface area contributed by atoms with Gasteiger partial charge in [-0.15, -0.1) is 0 Å². The van der Waals surface area contributed by atoms with Crippen LogP contribution >= 0.6 is 11.3 Å². The lowest BCUT2D eigenvalue weighted by atomic mass is 10.4. The fourth-order valence-corrected chi connectivity index (χ4v) is 2.08. The molecule has 0 atom stereocenters. The van der Waals surface area contributed by atoms with Crippen LogP contribution in [0.15, 0.2) is 27.9 Å². The second-order valence-electron chi connectivity index (χ2n) is 3.31. The molecule has 2 rings (SSSR count). The van der Waals surface area contributed by atoms with E-state index in [1.54, 1.807) is 25.3 Å². The number of nitrogens with zero attached hydrogens (tertiary/aromatic N) is 2. The first-order valence-corrected chi connectivity index (χ1v) is 5.90. The fraction of sp³-hybridized carbons (Fsp3) is 0.182. The topological polar surface area (TPSA) is 76.7 Å². The van der Waals surface area contributed by atoms with Crippen molar-refractivity contribution >= 4 is 28.7 Å². The number of nitrogens with one attached hydrogen (secondary N) is 1. The van der Waals surface area contributed by atoms with Gasteiger partial charge in [0.15, 0.2) is 0 Å². The van der Waals surface area contributed by atoms with E-state index < -0.39 is 5.97 Å². The summed E-state index contributed by atoms with van der Waals surface area (Å²) >= 11 is 1.19. The molecule has 2 heterocycles. The number of hydrogen-bond donors (Lipinski definition) is 1. The number of thiazole rings is 1. The van der Waals surface area contributed by atoms with Crippen molar-refractivity contribution in [2.45, 2.75) is 6.92 Å². The molecule has 0 bridgehead atoms. The molecule has 1 N–H and O–H groups in total. The number of carbonyl (C=O) groups excluding carboxylic acids is 1. The van der Waals surface area contributed by atoms with Gasteiger partial charge in [0.1, 0.15) is 10.6 Å². The number of furan rings is 1. The van der Waals surface area contributed by atoms with Gasteiger partial charge in [-0.2, -0.15) is 5.10 Å². The van der Waals surface area contributed by atoms with E-state index in [0.717, 1.165) is 0 Å². The van der Waals surface area contributed by atoms with E-state index in [1.165, 1.54) is 24.7 Å². The highest BCUT2D eigenvalue weighted by atomic mass is 32.1. The summed E-state index contributed by atoms with van der Waals surface area (Å²) in [6, 6.07) is 3.54. The Balaban J connectivity index is 2.04. The molecule has 94 valence electrons. The third kappa shape index (κ3) is 2.75. The molecule has 0 aliphatic heterocycles. The fourth-order valence-electron chi connectivity index (χ4n) is 1.24. The van der Waals surface area contributed by atoms with Crippen molar-refractivity contribution in [2.24, 2.45) is 5.10 Å². The summed E-state index contributed by atoms with van der Waals surface area (Å²) in [5.41, 5.74) is 3.35. The number of aromatic nitrogens is 1. The van der Waals surface area contributed by atoms with Crippen molar-refractivity contribution < 1.29 is 13.9 Å². The molecule has 7 heteroatoms. The molecule has 0 amide bonds. The normalized spacial score (nSPS) is 10.8. The lowest BCUT2D eigenvalue weighted by Crippen LogP contribution is -1.99. The van der Waals surface area contributed by atoms with Gasteiger partial charge in [0.25, 0.3) is 0 Å². The van der Waals surface area contributed by atoms with Crippen LogP contribution in [0.1, 0.15) is 21.1 Å². The van der Waals surface area contributed by atoms with Gasteiger partial charge >= 0.3 is 5.97 Å². The molecular weight excluding hydrogens is 254 g/mol. The number of esters is 1. The number of carbonyl (C=O) groups is 1. The molecule has 2 aromatic rings. The predicted octanol–water partition coefficient (Wildman–Crippen LogP) is 2.28. The largest absolute Gasteiger partial charge is 0.465 e. The maximum atomic E-state index is 11.4. The first kappa shape index (κ1) is 12.3. The molecule has 18 heavy (non-hydrogen) atoms. The summed E-state index contributed by atoms with van der Waals surface area (Å²) in [7, 11) is 1.34. The van der Waals surface area contributed by atoms with Gasteiger partial charge in [-0.25, -0.2) is 9.78 Å². The molecule has 6 nitrogen and oxygen atoms in total. The van der Waals surface area contributed by atoms with Crippen LogP contribution in [0.5, 0.6) is 0 Å². The second-order valence-corrected chi connectivity index (χ2v) is 4.31. The van der Waals surface area contributed by atoms with E-state index in [9.17, 15) is 4.79 Å². The number of methoxy groups -OCH3 is 1. The van der Waals surface area contributed by atoms with Gasteiger partial charge in [0.2, 0.25) is 5.13 Å². The molecular formula is C11H11N3O3S. The third-order valence-electron chi connectivity index (χ3n) is 2.06. The number of hydrogen-bond acceptors (Lipinski definition) is 7. The maximum Gasteiger partial charge on any atom is 0.350 e. The van der Waals surface area contributed by atoms with Gasteiger partial charge in [-0.1, -0.05) is 11.3 Å². The second kappa shape index (κ2) is 5.46. The van der Waals surface area contributed by atoms with Crippen molar-refractivity contribution in [3.63, 3.8) is 0 Å². The van der Waals surface area contributed by atoms with E-state index in [-0.39, 0.29) is 0 Å². The molecule has 0 aliphatic rings. The molecule has 0 saturated heterocycles. The van der Waals surface area contributed by atoms with Gasteiger partial charge in [-0.3, -0.25) is 5.43 Å². The lowest BCUT2D eigenvalue weighted by Gasteiger charge is -1.93. The van der Waals surface area contributed by atoms with Crippen molar-refractivity contribution in [3.8, 4) is 0 Å². The third-order valence-corrected chi connectivity index (χ3v) is 3.10. The average Bonchev–Trinajstić information content (AvgIpc) is 2.98. The molecule has 0 saturated carbocycles. The Morgan fingerprint density at radius 2 is 2.50 bits per heavy atom. The number of aryl methyl sites for hydroxylation is 1. The first-order valence-electron chi connectivity index (χ1n) is 5.09. The van der Waals surface area contributed by atoms with Crippen molar-refractivity contribution in [3.05, 3.63) is 34.7 Å². The van der Waals surface area contributed by atoms with E-state index in [2.05, 4.69) is 20.2 Å². The van der Waals surface area contributed by atoms with Crippen LogP contribution in [-0.4, -0.2) is 24.3 Å². The first-order chi connectivity index (χ1) is 8.70. The minimum atomic E-state index is -0.395. The van der Waals surface area contributed by atoms with Crippen LogP contribution in [0.3, 0.4) is 0 Å². The highest BCUT2D eigenvalue weighted by Gasteiger charge is 2.15. The predicted molar refractivity (Wildman–Crippen MR) is 68.1 cm³/mol. The molecule has 0 aromatic carbocycles. The molecule has 0 radical (unpaired) electrons. The van der Waals surface area contributed by atoms with Crippen molar-refractivity contribution in [1.29, 1.82) is 0 Å². The maximum absolute atomic E-state index is 11.4. The van der Waals surface area contributed by atoms with E-state index in [0.29, 0.717) is 21.5 Å². The van der Waals surface area contributed by atoms with Crippen molar-refractivity contribution in [1.82, 2.24) is 4.98 Å². The lowest BCUT2D eigenvalue weighted by molar-refractivity contribution is 0.0605. The number of rotatable bonds is 4. The van der Waals surface area contributed by atoms with Crippen LogP contribution in [0, 0.1) is 6.92 Å². The standard InChI is InChI=1S/C11H11N3O3S/c1-7-9(10(15)16-2)18-11(13-7)14-12-6-8-4-3-5-17-8/h3-6H,1-2H3,(H,13,14)/b12-6+. The smallest absolute Gasteiger partial charge is 0.350 e. The van der Waals surface area contributed by atoms with E-state index in [1.807, 2.05) is 0 Å². The Kier molecular flexibility index (Phi) is 3.73. The molecule has 0 aliphatic carbocycles. The van der Waals surface area contributed by atoms with Gasteiger partial charge < -0.3 is 9.15 Å².